The van der Waals surface area contributed by atoms with Gasteiger partial charge in [-0.25, -0.2) is 4.98 Å². The number of likely N-dealkylation sites (tertiary alicyclic amines) is 1. The average Bonchev–Trinajstić information content (AvgIpc) is 3.15. The number of nitrogens with two attached hydrogens (primary N) is 1. The minimum Gasteiger partial charge on any atom is -0.366 e. The lowest BCUT2D eigenvalue weighted by atomic mass is 9.96. The number of amides is 3. The van der Waals surface area contributed by atoms with Crippen LogP contribution in [0.5, 0.6) is 0 Å². The van der Waals surface area contributed by atoms with Gasteiger partial charge in [-0.3, -0.25) is 14.4 Å². The Bertz CT molecular complexity index is 890. The van der Waals surface area contributed by atoms with Crippen LogP contribution < -0.4 is 16.4 Å². The maximum atomic E-state index is 12.4. The third-order valence-electron chi connectivity index (χ3n) is 4.96. The van der Waals surface area contributed by atoms with E-state index in [1.165, 1.54) is 11.3 Å². The zero-order valence-electron chi connectivity index (χ0n) is 16.3. The maximum Gasteiger partial charge on any atom is 0.251 e. The third kappa shape index (κ3) is 5.85. The molecule has 2 aromatic rings. The molecule has 0 bridgehead atoms. The first-order chi connectivity index (χ1) is 13.9. The third-order valence-corrected chi connectivity index (χ3v) is 5.79. The van der Waals surface area contributed by atoms with Gasteiger partial charge in [-0.15, -0.1) is 11.3 Å². The van der Waals surface area contributed by atoms with Crippen molar-refractivity contribution < 1.29 is 14.4 Å². The monoisotopic (exact) mass is 415 g/mol. The Kier molecular flexibility index (Phi) is 6.95. The molecule has 1 fully saturated rings. The highest BCUT2D eigenvalue weighted by Crippen LogP contribution is 2.23. The molecule has 0 aliphatic carbocycles. The minimum atomic E-state index is -0.553. The van der Waals surface area contributed by atoms with Crippen molar-refractivity contribution in [2.45, 2.75) is 26.2 Å². The Morgan fingerprint density at radius 2 is 2.00 bits per heavy atom. The van der Waals surface area contributed by atoms with Gasteiger partial charge in [0.05, 0.1) is 5.56 Å². The molecule has 29 heavy (non-hydrogen) atoms. The summed E-state index contributed by atoms with van der Waals surface area (Å²) in [5, 5.41) is 7.85. The number of nitrogens with zero attached hydrogens (tertiary/aromatic N) is 2. The van der Waals surface area contributed by atoms with Gasteiger partial charge in [-0.1, -0.05) is 0 Å². The van der Waals surface area contributed by atoms with Crippen molar-refractivity contribution in [3.05, 3.63) is 40.9 Å². The topological polar surface area (TPSA) is 117 Å². The van der Waals surface area contributed by atoms with Gasteiger partial charge in [-0.05, 0) is 62.0 Å². The van der Waals surface area contributed by atoms with E-state index in [4.69, 9.17) is 5.73 Å². The van der Waals surface area contributed by atoms with Crippen molar-refractivity contribution in [1.82, 2.24) is 9.88 Å². The number of aromatic nitrogens is 1. The first kappa shape index (κ1) is 20.9. The second kappa shape index (κ2) is 9.62. The van der Waals surface area contributed by atoms with Gasteiger partial charge in [0.25, 0.3) is 5.91 Å². The van der Waals surface area contributed by atoms with Gasteiger partial charge < -0.3 is 21.3 Å². The number of nitrogens with one attached hydrogen (secondary N) is 2. The molecular formula is C20H25N5O3S. The Hall–Kier alpha value is -2.78. The van der Waals surface area contributed by atoms with E-state index in [0.717, 1.165) is 31.5 Å². The fourth-order valence-corrected chi connectivity index (χ4v) is 4.11. The van der Waals surface area contributed by atoms with E-state index in [2.05, 4.69) is 20.5 Å². The lowest BCUT2D eigenvalue weighted by Crippen LogP contribution is -2.39. The van der Waals surface area contributed by atoms with Crippen LogP contribution in [-0.2, 0) is 9.59 Å². The fraction of sp³-hybridized carbons (Fsp3) is 0.400. The second-order valence-corrected chi connectivity index (χ2v) is 8.07. The number of primary amides is 1. The normalized spacial score (nSPS) is 15.1. The predicted molar refractivity (Wildman–Crippen MR) is 113 cm³/mol. The van der Waals surface area contributed by atoms with E-state index in [1.54, 1.807) is 17.6 Å². The van der Waals surface area contributed by atoms with Gasteiger partial charge in [-0.2, -0.15) is 0 Å². The zero-order chi connectivity index (χ0) is 20.8. The number of pyridine rings is 1. The number of hydrogen-bond donors (Lipinski definition) is 3. The standard InChI is InChI=1S/C20H25N5O3S/c1-13-2-7-22-16(12-13)23-19(28)14-3-8-25(9-4-14)10-5-17(26)24-20-15(18(21)27)6-11-29-20/h2,6-7,11-12,14H,3-5,8-10H2,1H3,(H2,21,27)(H,24,26)(H,22,23,28). The summed E-state index contributed by atoms with van der Waals surface area (Å²) in [6.45, 7) is 4.09. The molecule has 0 spiro atoms. The Morgan fingerprint density at radius 1 is 1.24 bits per heavy atom. The Balaban J connectivity index is 1.40. The molecule has 0 saturated carbocycles. The quantitative estimate of drug-likeness (QED) is 0.641. The van der Waals surface area contributed by atoms with Gasteiger partial charge in [0, 0.05) is 25.1 Å². The molecule has 3 rings (SSSR count). The molecule has 2 aromatic heterocycles. The lowest BCUT2D eigenvalue weighted by Gasteiger charge is -2.31. The molecule has 1 saturated heterocycles. The molecule has 1 aliphatic rings. The summed E-state index contributed by atoms with van der Waals surface area (Å²) >= 11 is 1.28. The number of thiophene rings is 1. The van der Waals surface area contributed by atoms with Crippen LogP contribution >= 0.6 is 11.3 Å². The van der Waals surface area contributed by atoms with E-state index >= 15 is 0 Å². The largest absolute Gasteiger partial charge is 0.366 e. The van der Waals surface area contributed by atoms with E-state index < -0.39 is 5.91 Å². The summed E-state index contributed by atoms with van der Waals surface area (Å²) in [5.74, 6) is -0.176. The van der Waals surface area contributed by atoms with Crippen molar-refractivity contribution in [3.63, 3.8) is 0 Å². The van der Waals surface area contributed by atoms with Crippen molar-refractivity contribution in [2.75, 3.05) is 30.3 Å². The number of hydrogen-bond acceptors (Lipinski definition) is 6. The summed E-state index contributed by atoms with van der Waals surface area (Å²) in [6.07, 6.45) is 3.49. The Morgan fingerprint density at radius 3 is 2.69 bits per heavy atom. The number of anilines is 2. The van der Waals surface area contributed by atoms with Crippen LogP contribution in [0.1, 0.15) is 35.2 Å². The molecule has 0 aromatic carbocycles. The van der Waals surface area contributed by atoms with Crippen molar-refractivity contribution in [2.24, 2.45) is 11.7 Å². The molecule has 1 aliphatic heterocycles. The number of carbonyl (C=O) groups is 3. The summed E-state index contributed by atoms with van der Waals surface area (Å²) in [6, 6.07) is 5.34. The minimum absolute atomic E-state index is 0.00262. The zero-order valence-corrected chi connectivity index (χ0v) is 17.1. The molecule has 8 nitrogen and oxygen atoms in total. The van der Waals surface area contributed by atoms with E-state index in [1.807, 2.05) is 19.1 Å². The van der Waals surface area contributed by atoms with Crippen molar-refractivity contribution in [3.8, 4) is 0 Å². The van der Waals surface area contributed by atoms with Crippen LogP contribution in [0.4, 0.5) is 10.8 Å². The summed E-state index contributed by atoms with van der Waals surface area (Å²) in [5.41, 5.74) is 6.67. The van der Waals surface area contributed by atoms with Crippen LogP contribution in [0.15, 0.2) is 29.8 Å². The lowest BCUT2D eigenvalue weighted by molar-refractivity contribution is -0.121. The average molecular weight is 416 g/mol. The first-order valence-corrected chi connectivity index (χ1v) is 10.4. The van der Waals surface area contributed by atoms with E-state index in [0.29, 0.717) is 29.3 Å². The van der Waals surface area contributed by atoms with E-state index in [-0.39, 0.29) is 17.7 Å². The molecular weight excluding hydrogens is 390 g/mol. The highest BCUT2D eigenvalue weighted by atomic mass is 32.1. The van der Waals surface area contributed by atoms with Crippen LogP contribution in [0.25, 0.3) is 0 Å². The molecule has 9 heteroatoms. The number of carbonyl (C=O) groups excluding carboxylic acids is 3. The second-order valence-electron chi connectivity index (χ2n) is 7.15. The van der Waals surface area contributed by atoms with Crippen LogP contribution in [0.3, 0.4) is 0 Å². The summed E-state index contributed by atoms with van der Waals surface area (Å²) in [4.78, 5) is 42.3. The van der Waals surface area contributed by atoms with Crippen molar-refractivity contribution >= 4 is 39.9 Å². The summed E-state index contributed by atoms with van der Waals surface area (Å²) in [7, 11) is 0. The van der Waals surface area contributed by atoms with Gasteiger partial charge >= 0.3 is 0 Å². The number of aryl methyl sites for hydroxylation is 1. The molecule has 0 radical (unpaired) electrons. The van der Waals surface area contributed by atoms with Gasteiger partial charge in [0.2, 0.25) is 11.8 Å². The Labute approximate surface area is 173 Å². The molecule has 0 atom stereocenters. The molecule has 154 valence electrons. The fourth-order valence-electron chi connectivity index (χ4n) is 3.30. The molecule has 3 amide bonds. The van der Waals surface area contributed by atoms with Crippen molar-refractivity contribution in [1.29, 1.82) is 0 Å². The van der Waals surface area contributed by atoms with Crippen LogP contribution in [0.2, 0.25) is 0 Å². The molecule has 0 unspecified atom stereocenters. The predicted octanol–water partition coefficient (Wildman–Crippen LogP) is 2.23. The SMILES string of the molecule is Cc1ccnc(NC(=O)C2CCN(CCC(=O)Nc3sccc3C(N)=O)CC2)c1. The smallest absolute Gasteiger partial charge is 0.251 e. The van der Waals surface area contributed by atoms with Crippen LogP contribution in [0, 0.1) is 12.8 Å². The van der Waals surface area contributed by atoms with Gasteiger partial charge in [0.15, 0.2) is 0 Å². The number of rotatable bonds is 7. The summed E-state index contributed by atoms with van der Waals surface area (Å²) < 4.78 is 0. The highest BCUT2D eigenvalue weighted by Gasteiger charge is 2.25. The maximum absolute atomic E-state index is 12.4. The van der Waals surface area contributed by atoms with Crippen LogP contribution in [-0.4, -0.2) is 47.2 Å². The van der Waals surface area contributed by atoms with E-state index in [9.17, 15) is 14.4 Å². The number of piperidine rings is 1. The molecule has 4 N–H and O–H groups in total. The van der Waals surface area contributed by atoms with Gasteiger partial charge in [0.1, 0.15) is 10.8 Å². The first-order valence-electron chi connectivity index (χ1n) is 9.55. The molecule has 3 heterocycles. The highest BCUT2D eigenvalue weighted by molar-refractivity contribution is 7.14.